The van der Waals surface area contributed by atoms with Crippen LogP contribution in [0.4, 0.5) is 0 Å². The van der Waals surface area contributed by atoms with Crippen LogP contribution in [0.3, 0.4) is 0 Å². The van der Waals surface area contributed by atoms with Gasteiger partial charge in [-0.15, -0.1) is 0 Å². The van der Waals surface area contributed by atoms with Crippen molar-refractivity contribution < 1.29 is 5.11 Å². The molecule has 0 aliphatic carbocycles. The second-order valence-electron chi connectivity index (χ2n) is 5.44. The summed E-state index contributed by atoms with van der Waals surface area (Å²) < 4.78 is 0. The second kappa shape index (κ2) is 5.48. The summed E-state index contributed by atoms with van der Waals surface area (Å²) in [6, 6.07) is 0. The lowest BCUT2D eigenvalue weighted by atomic mass is 9.68. The van der Waals surface area contributed by atoms with Gasteiger partial charge >= 0.3 is 0 Å². The average Bonchev–Trinajstić information content (AvgIpc) is 2.51. The minimum absolute atomic E-state index is 0.128. The van der Waals surface area contributed by atoms with Gasteiger partial charge in [0.05, 0.1) is 5.60 Å². The summed E-state index contributed by atoms with van der Waals surface area (Å²) in [7, 11) is 0. The predicted octanol–water partition coefficient (Wildman–Crippen LogP) is 1.60. The fourth-order valence-electron chi connectivity index (χ4n) is 2.76. The van der Waals surface area contributed by atoms with Crippen LogP contribution in [0.5, 0.6) is 0 Å². The van der Waals surface area contributed by atoms with Crippen molar-refractivity contribution in [3.8, 4) is 0 Å². The van der Waals surface area contributed by atoms with Gasteiger partial charge in [0.1, 0.15) is 0 Å². The molecule has 1 saturated heterocycles. The number of likely N-dealkylation sites (tertiary alicyclic amines) is 1. The smallest absolute Gasteiger partial charge is 0.0725 e. The molecule has 0 aromatic heterocycles. The van der Waals surface area contributed by atoms with Crippen LogP contribution >= 0.6 is 0 Å². The van der Waals surface area contributed by atoms with E-state index >= 15 is 0 Å². The fourth-order valence-corrected chi connectivity index (χ4v) is 2.76. The van der Waals surface area contributed by atoms with E-state index in [9.17, 15) is 5.11 Å². The van der Waals surface area contributed by atoms with Gasteiger partial charge < -0.3 is 15.7 Å². The first-order valence-electron chi connectivity index (χ1n) is 6.66. The third-order valence-electron chi connectivity index (χ3n) is 4.71. The lowest BCUT2D eigenvalue weighted by Crippen LogP contribution is -2.51. The van der Waals surface area contributed by atoms with Crippen molar-refractivity contribution in [1.29, 1.82) is 0 Å². The van der Waals surface area contributed by atoms with Crippen LogP contribution in [0, 0.1) is 5.41 Å². The van der Waals surface area contributed by atoms with E-state index in [1.165, 1.54) is 0 Å². The quantitative estimate of drug-likeness (QED) is 0.768. The van der Waals surface area contributed by atoms with E-state index in [2.05, 4.69) is 25.7 Å². The molecule has 1 rings (SSSR count). The van der Waals surface area contributed by atoms with Gasteiger partial charge in [-0.25, -0.2) is 0 Å². The van der Waals surface area contributed by atoms with Gasteiger partial charge in [0.25, 0.3) is 0 Å². The number of aliphatic hydroxyl groups is 1. The molecule has 1 aliphatic heterocycles. The minimum atomic E-state index is -0.569. The van der Waals surface area contributed by atoms with Gasteiger partial charge in [-0.3, -0.25) is 0 Å². The van der Waals surface area contributed by atoms with Gasteiger partial charge in [0.15, 0.2) is 0 Å². The van der Waals surface area contributed by atoms with E-state index in [-0.39, 0.29) is 5.41 Å². The van der Waals surface area contributed by atoms with Crippen molar-refractivity contribution in [3.05, 3.63) is 0 Å². The lowest BCUT2D eigenvalue weighted by Gasteiger charge is -2.44. The zero-order chi connectivity index (χ0) is 12.2. The number of hydrogen-bond acceptors (Lipinski definition) is 3. The molecule has 0 amide bonds. The molecule has 2 atom stereocenters. The molecule has 1 fully saturated rings. The summed E-state index contributed by atoms with van der Waals surface area (Å²) in [4.78, 5) is 2.42. The van der Waals surface area contributed by atoms with E-state index in [0.29, 0.717) is 6.54 Å². The Balaban J connectivity index is 2.76. The Hall–Kier alpha value is -0.120. The van der Waals surface area contributed by atoms with Gasteiger partial charge in [-0.1, -0.05) is 20.8 Å². The molecule has 16 heavy (non-hydrogen) atoms. The molecule has 0 saturated carbocycles. The van der Waals surface area contributed by atoms with Crippen molar-refractivity contribution in [2.75, 3.05) is 26.2 Å². The minimum Gasteiger partial charge on any atom is -0.389 e. The zero-order valence-corrected chi connectivity index (χ0v) is 11.1. The highest BCUT2D eigenvalue weighted by Crippen LogP contribution is 2.41. The average molecular weight is 228 g/mol. The Bertz CT molecular complexity index is 216. The van der Waals surface area contributed by atoms with Crippen molar-refractivity contribution in [1.82, 2.24) is 4.90 Å². The van der Waals surface area contributed by atoms with E-state index in [0.717, 1.165) is 45.3 Å². The maximum atomic E-state index is 10.9. The highest BCUT2D eigenvalue weighted by molar-refractivity contribution is 4.97. The molecule has 3 nitrogen and oxygen atoms in total. The van der Waals surface area contributed by atoms with Gasteiger partial charge in [-0.05, 0) is 38.8 Å². The summed E-state index contributed by atoms with van der Waals surface area (Å²) in [6.07, 6.45) is 3.79. The van der Waals surface area contributed by atoms with Crippen LogP contribution in [-0.2, 0) is 0 Å². The van der Waals surface area contributed by atoms with Crippen molar-refractivity contribution in [2.45, 2.75) is 52.1 Å². The number of hydrogen-bond donors (Lipinski definition) is 2. The van der Waals surface area contributed by atoms with Gasteiger partial charge in [0.2, 0.25) is 0 Å². The largest absolute Gasteiger partial charge is 0.389 e. The molecular formula is C13H28N2O. The molecule has 1 aliphatic rings. The van der Waals surface area contributed by atoms with E-state index in [4.69, 9.17) is 5.73 Å². The molecule has 0 bridgehead atoms. The van der Waals surface area contributed by atoms with Crippen LogP contribution < -0.4 is 5.73 Å². The third-order valence-corrected chi connectivity index (χ3v) is 4.71. The molecule has 0 spiro atoms. The highest BCUT2D eigenvalue weighted by Gasteiger charge is 2.44. The zero-order valence-electron chi connectivity index (χ0n) is 11.1. The first-order valence-corrected chi connectivity index (χ1v) is 6.66. The molecule has 3 N–H and O–H groups in total. The van der Waals surface area contributed by atoms with Gasteiger partial charge in [0, 0.05) is 18.5 Å². The summed E-state index contributed by atoms with van der Waals surface area (Å²) >= 11 is 0. The number of nitrogens with zero attached hydrogens (tertiary/aromatic N) is 1. The van der Waals surface area contributed by atoms with E-state index in [1.807, 2.05) is 0 Å². The fraction of sp³-hybridized carbons (Fsp3) is 1.00. The summed E-state index contributed by atoms with van der Waals surface area (Å²) in [5, 5.41) is 10.9. The first-order chi connectivity index (χ1) is 7.51. The lowest BCUT2D eigenvalue weighted by molar-refractivity contribution is -0.0840. The van der Waals surface area contributed by atoms with Crippen LogP contribution in [-0.4, -0.2) is 41.8 Å². The Labute approximate surface area is 100 Å². The summed E-state index contributed by atoms with van der Waals surface area (Å²) in [6.45, 7) is 10.2. The second-order valence-corrected chi connectivity index (χ2v) is 5.44. The van der Waals surface area contributed by atoms with Crippen molar-refractivity contribution in [3.63, 3.8) is 0 Å². The predicted molar refractivity (Wildman–Crippen MR) is 68.4 cm³/mol. The summed E-state index contributed by atoms with van der Waals surface area (Å²) in [5.74, 6) is 0. The molecule has 2 unspecified atom stereocenters. The maximum absolute atomic E-state index is 10.9. The normalized spacial score (nSPS) is 32.1. The maximum Gasteiger partial charge on any atom is 0.0725 e. The Morgan fingerprint density at radius 3 is 2.50 bits per heavy atom. The Morgan fingerprint density at radius 1 is 1.31 bits per heavy atom. The monoisotopic (exact) mass is 228 g/mol. The van der Waals surface area contributed by atoms with Gasteiger partial charge in [-0.2, -0.15) is 0 Å². The first kappa shape index (κ1) is 13.9. The van der Waals surface area contributed by atoms with Crippen LogP contribution in [0.1, 0.15) is 46.5 Å². The Morgan fingerprint density at radius 2 is 2.00 bits per heavy atom. The molecule has 96 valence electrons. The van der Waals surface area contributed by atoms with Crippen LogP contribution in [0.2, 0.25) is 0 Å². The van der Waals surface area contributed by atoms with E-state index in [1.54, 1.807) is 0 Å². The molecule has 1 heterocycles. The summed E-state index contributed by atoms with van der Waals surface area (Å²) in [5.41, 5.74) is 5.18. The number of rotatable bonds is 4. The number of nitrogens with two attached hydrogens (primary N) is 1. The highest BCUT2D eigenvalue weighted by atomic mass is 16.3. The standard InChI is InChI=1S/C13H28N2O/c1-4-12(3,11-14)13(16)7-6-9-15(5-2)10-8-13/h16H,4-11,14H2,1-3H3. The van der Waals surface area contributed by atoms with Crippen molar-refractivity contribution >= 4 is 0 Å². The molecular weight excluding hydrogens is 200 g/mol. The molecule has 0 aromatic rings. The molecule has 0 aromatic carbocycles. The molecule has 0 radical (unpaired) electrons. The van der Waals surface area contributed by atoms with Crippen molar-refractivity contribution in [2.24, 2.45) is 11.1 Å². The van der Waals surface area contributed by atoms with E-state index < -0.39 is 5.60 Å². The topological polar surface area (TPSA) is 49.5 Å². The Kier molecular flexibility index (Phi) is 4.77. The molecule has 3 heteroatoms. The SMILES string of the molecule is CCN1CCCC(O)(C(C)(CC)CN)CC1. The third kappa shape index (κ3) is 2.58. The van der Waals surface area contributed by atoms with Crippen LogP contribution in [0.25, 0.3) is 0 Å². The van der Waals surface area contributed by atoms with Crippen LogP contribution in [0.15, 0.2) is 0 Å².